The summed E-state index contributed by atoms with van der Waals surface area (Å²) in [4.78, 5) is 6.31. The number of nitrogens with one attached hydrogen (secondary N) is 1. The van der Waals surface area contributed by atoms with E-state index in [4.69, 9.17) is 0 Å². The fourth-order valence-electron chi connectivity index (χ4n) is 3.08. The first-order chi connectivity index (χ1) is 11.2. The van der Waals surface area contributed by atoms with Crippen LogP contribution in [0.5, 0.6) is 0 Å². The largest absolute Gasteiger partial charge is 0.316 e. The Kier molecular flexibility index (Phi) is 5.31. The molecule has 1 aliphatic heterocycles. The van der Waals surface area contributed by atoms with Gasteiger partial charge in [0.1, 0.15) is 0 Å². The molecule has 2 heterocycles. The Morgan fingerprint density at radius 3 is 2.83 bits per heavy atom. The Morgan fingerprint density at radius 2 is 2.09 bits per heavy atom. The van der Waals surface area contributed by atoms with Gasteiger partial charge in [-0.1, -0.05) is 18.2 Å². The Hall–Kier alpha value is -1.85. The number of hydrogen-bond donors (Lipinski definition) is 1. The van der Waals surface area contributed by atoms with Gasteiger partial charge in [-0.05, 0) is 43.1 Å². The van der Waals surface area contributed by atoms with Crippen molar-refractivity contribution in [2.45, 2.75) is 19.5 Å². The highest BCUT2D eigenvalue weighted by Crippen LogP contribution is 2.18. The van der Waals surface area contributed by atoms with Crippen LogP contribution in [-0.4, -0.2) is 29.5 Å². The predicted octanol–water partition coefficient (Wildman–Crippen LogP) is 2.97. The molecule has 1 atom stereocenters. The van der Waals surface area contributed by atoms with Crippen molar-refractivity contribution in [1.29, 1.82) is 0 Å². The first-order valence-electron chi connectivity index (χ1n) is 7.97. The second-order valence-electron chi connectivity index (χ2n) is 6.10. The maximum absolute atomic E-state index is 14.0. The topological polar surface area (TPSA) is 28.2 Å². The first-order valence-corrected chi connectivity index (χ1v) is 7.97. The van der Waals surface area contributed by atoms with Gasteiger partial charge in [0.25, 0.3) is 0 Å². The lowest BCUT2D eigenvalue weighted by Gasteiger charge is -2.25. The van der Waals surface area contributed by atoms with Crippen molar-refractivity contribution >= 4 is 0 Å². The molecule has 0 saturated carbocycles. The zero-order valence-corrected chi connectivity index (χ0v) is 13.0. The van der Waals surface area contributed by atoms with E-state index >= 15 is 0 Å². The van der Waals surface area contributed by atoms with Gasteiger partial charge in [-0.25, -0.2) is 8.78 Å². The van der Waals surface area contributed by atoms with Gasteiger partial charge in [0, 0.05) is 37.6 Å². The molecule has 0 bridgehead atoms. The van der Waals surface area contributed by atoms with Gasteiger partial charge in [-0.3, -0.25) is 9.88 Å². The van der Waals surface area contributed by atoms with Crippen molar-refractivity contribution in [3.8, 4) is 0 Å². The Bertz CT molecular complexity index is 627. The third-order valence-corrected chi connectivity index (χ3v) is 4.23. The van der Waals surface area contributed by atoms with Crippen molar-refractivity contribution in [1.82, 2.24) is 15.2 Å². The summed E-state index contributed by atoms with van der Waals surface area (Å²) in [6.45, 7) is 3.95. The highest BCUT2D eigenvalue weighted by atomic mass is 19.2. The molecule has 23 heavy (non-hydrogen) atoms. The van der Waals surface area contributed by atoms with Gasteiger partial charge in [-0.15, -0.1) is 0 Å². The molecule has 0 radical (unpaired) electrons. The SMILES string of the molecule is Fc1cccc(CN(Cc2cccnc2)C[C@H]2CCNC2)c1F. The first kappa shape index (κ1) is 16.0. The van der Waals surface area contributed by atoms with Crippen molar-refractivity contribution in [3.05, 3.63) is 65.5 Å². The number of aromatic nitrogens is 1. The van der Waals surface area contributed by atoms with E-state index in [0.717, 1.165) is 37.7 Å². The van der Waals surface area contributed by atoms with Crippen LogP contribution in [0.2, 0.25) is 0 Å². The van der Waals surface area contributed by atoms with Crippen LogP contribution in [-0.2, 0) is 13.1 Å². The number of benzene rings is 1. The van der Waals surface area contributed by atoms with Crippen molar-refractivity contribution in [2.24, 2.45) is 5.92 Å². The molecule has 0 aliphatic carbocycles. The normalized spacial score (nSPS) is 17.8. The summed E-state index contributed by atoms with van der Waals surface area (Å²) in [7, 11) is 0. The average molecular weight is 317 g/mol. The van der Waals surface area contributed by atoms with E-state index in [-0.39, 0.29) is 0 Å². The standard InChI is InChI=1S/C18H21F2N3/c19-17-5-1-4-16(18(17)20)13-23(12-15-6-8-22-10-15)11-14-3-2-7-21-9-14/h1-5,7,9,15,22H,6,8,10-13H2/t15-/m0/s1. The molecule has 2 aromatic rings. The summed E-state index contributed by atoms with van der Waals surface area (Å²) < 4.78 is 27.4. The van der Waals surface area contributed by atoms with Gasteiger partial charge in [0.15, 0.2) is 11.6 Å². The van der Waals surface area contributed by atoms with Crippen molar-refractivity contribution in [2.75, 3.05) is 19.6 Å². The Labute approximate surface area is 135 Å². The molecule has 1 aromatic carbocycles. The molecule has 0 spiro atoms. The van der Waals surface area contributed by atoms with E-state index in [0.29, 0.717) is 24.6 Å². The zero-order valence-electron chi connectivity index (χ0n) is 13.0. The molecule has 0 amide bonds. The molecule has 1 aliphatic rings. The predicted molar refractivity (Wildman–Crippen MR) is 85.7 cm³/mol. The smallest absolute Gasteiger partial charge is 0.163 e. The molecule has 3 rings (SSSR count). The van der Waals surface area contributed by atoms with Gasteiger partial charge >= 0.3 is 0 Å². The van der Waals surface area contributed by atoms with E-state index in [1.807, 2.05) is 18.3 Å². The van der Waals surface area contributed by atoms with Crippen LogP contribution >= 0.6 is 0 Å². The van der Waals surface area contributed by atoms with Gasteiger partial charge in [-0.2, -0.15) is 0 Å². The van der Waals surface area contributed by atoms with E-state index in [1.54, 1.807) is 18.3 Å². The lowest BCUT2D eigenvalue weighted by Crippen LogP contribution is -2.30. The minimum atomic E-state index is -0.786. The summed E-state index contributed by atoms with van der Waals surface area (Å²) in [6, 6.07) is 8.28. The van der Waals surface area contributed by atoms with Crippen LogP contribution in [0, 0.1) is 17.6 Å². The third kappa shape index (κ3) is 4.33. The lowest BCUT2D eigenvalue weighted by atomic mass is 10.1. The van der Waals surface area contributed by atoms with Gasteiger partial charge < -0.3 is 5.32 Å². The summed E-state index contributed by atoms with van der Waals surface area (Å²) in [5.74, 6) is -0.983. The Morgan fingerprint density at radius 1 is 1.17 bits per heavy atom. The van der Waals surface area contributed by atoms with Crippen LogP contribution in [0.4, 0.5) is 8.78 Å². The number of pyridine rings is 1. The van der Waals surface area contributed by atoms with Crippen molar-refractivity contribution < 1.29 is 8.78 Å². The average Bonchev–Trinajstić information content (AvgIpc) is 3.06. The molecule has 3 nitrogen and oxygen atoms in total. The fraction of sp³-hybridized carbons (Fsp3) is 0.389. The second-order valence-corrected chi connectivity index (χ2v) is 6.10. The fourth-order valence-corrected chi connectivity index (χ4v) is 3.08. The molecule has 0 unspecified atom stereocenters. The minimum Gasteiger partial charge on any atom is -0.316 e. The molecule has 1 aromatic heterocycles. The van der Waals surface area contributed by atoms with E-state index < -0.39 is 11.6 Å². The second kappa shape index (κ2) is 7.62. The summed E-state index contributed by atoms with van der Waals surface area (Å²) in [6.07, 6.45) is 4.68. The number of hydrogen-bond acceptors (Lipinski definition) is 3. The van der Waals surface area contributed by atoms with Crippen LogP contribution in [0.25, 0.3) is 0 Å². The van der Waals surface area contributed by atoms with E-state index in [9.17, 15) is 8.78 Å². The molecular formula is C18H21F2N3. The third-order valence-electron chi connectivity index (χ3n) is 4.23. The van der Waals surface area contributed by atoms with E-state index in [1.165, 1.54) is 0 Å². The molecular weight excluding hydrogens is 296 g/mol. The highest BCUT2D eigenvalue weighted by molar-refractivity contribution is 5.19. The number of halogens is 2. The molecule has 1 fully saturated rings. The van der Waals surface area contributed by atoms with Crippen LogP contribution in [0.1, 0.15) is 17.5 Å². The van der Waals surface area contributed by atoms with E-state index in [2.05, 4.69) is 15.2 Å². The summed E-state index contributed by atoms with van der Waals surface area (Å²) in [5.41, 5.74) is 1.48. The van der Waals surface area contributed by atoms with Crippen LogP contribution in [0.3, 0.4) is 0 Å². The van der Waals surface area contributed by atoms with Crippen LogP contribution < -0.4 is 5.32 Å². The quantitative estimate of drug-likeness (QED) is 0.888. The van der Waals surface area contributed by atoms with Crippen LogP contribution in [0.15, 0.2) is 42.7 Å². The maximum Gasteiger partial charge on any atom is 0.163 e. The van der Waals surface area contributed by atoms with Gasteiger partial charge in [0.2, 0.25) is 0 Å². The monoisotopic (exact) mass is 317 g/mol. The molecule has 1 N–H and O–H groups in total. The Balaban J connectivity index is 1.74. The van der Waals surface area contributed by atoms with Gasteiger partial charge in [0.05, 0.1) is 0 Å². The highest BCUT2D eigenvalue weighted by Gasteiger charge is 2.20. The number of rotatable bonds is 6. The molecule has 5 heteroatoms. The van der Waals surface area contributed by atoms with Crippen molar-refractivity contribution in [3.63, 3.8) is 0 Å². The minimum absolute atomic E-state index is 0.398. The number of nitrogens with zero attached hydrogens (tertiary/aromatic N) is 2. The molecule has 122 valence electrons. The zero-order chi connectivity index (χ0) is 16.1. The summed E-state index contributed by atoms with van der Waals surface area (Å²) >= 11 is 0. The maximum atomic E-state index is 14.0. The lowest BCUT2D eigenvalue weighted by molar-refractivity contribution is 0.217. The molecule has 1 saturated heterocycles. The summed E-state index contributed by atoms with van der Waals surface area (Å²) in [5, 5.41) is 3.35.